The first-order valence-corrected chi connectivity index (χ1v) is 6.07. The summed E-state index contributed by atoms with van der Waals surface area (Å²) in [7, 11) is 3.57. The molecule has 2 aromatic rings. The maximum Gasteiger partial charge on any atom is 0.175 e. The predicted molar refractivity (Wildman–Crippen MR) is 71.0 cm³/mol. The van der Waals surface area contributed by atoms with E-state index in [9.17, 15) is 0 Å². The van der Waals surface area contributed by atoms with Gasteiger partial charge in [-0.05, 0) is 35.1 Å². The van der Waals surface area contributed by atoms with Crippen LogP contribution < -0.4 is 10.1 Å². The van der Waals surface area contributed by atoms with Crippen molar-refractivity contribution in [2.75, 3.05) is 14.2 Å². The zero-order valence-electron chi connectivity index (χ0n) is 9.75. The molecule has 2 N–H and O–H groups in total. The molecule has 0 fully saturated rings. The second kappa shape index (κ2) is 5.33. The van der Waals surface area contributed by atoms with Crippen molar-refractivity contribution in [3.63, 3.8) is 0 Å². The van der Waals surface area contributed by atoms with Gasteiger partial charge in [0.25, 0.3) is 0 Å². The molecule has 0 aliphatic carbocycles. The van der Waals surface area contributed by atoms with Gasteiger partial charge in [0.1, 0.15) is 5.75 Å². The Labute approximate surface area is 109 Å². The number of hydrogen-bond acceptors (Lipinski definition) is 3. The van der Waals surface area contributed by atoms with Crippen molar-refractivity contribution >= 4 is 15.9 Å². The quantitative estimate of drug-likeness (QED) is 0.911. The lowest BCUT2D eigenvalue weighted by molar-refractivity contribution is 0.415. The van der Waals surface area contributed by atoms with Crippen molar-refractivity contribution in [3.05, 3.63) is 34.7 Å². The number of H-pyrrole nitrogens is 1. The van der Waals surface area contributed by atoms with Gasteiger partial charge >= 0.3 is 0 Å². The molecule has 0 amide bonds. The summed E-state index contributed by atoms with van der Waals surface area (Å²) >= 11 is 3.36. The summed E-state index contributed by atoms with van der Waals surface area (Å²) in [5.41, 5.74) is 3.02. The van der Waals surface area contributed by atoms with Crippen LogP contribution in [-0.2, 0) is 6.54 Å². The van der Waals surface area contributed by atoms with Crippen molar-refractivity contribution in [1.82, 2.24) is 15.3 Å². The Morgan fingerprint density at radius 3 is 3.00 bits per heavy atom. The van der Waals surface area contributed by atoms with Crippen LogP contribution in [0.15, 0.2) is 29.0 Å². The number of ether oxygens (including phenoxy) is 1. The molecule has 0 spiro atoms. The number of methoxy groups -OCH3 is 1. The number of aromatic amines is 1. The van der Waals surface area contributed by atoms with Gasteiger partial charge in [-0.1, -0.05) is 12.1 Å². The van der Waals surface area contributed by atoms with Crippen LogP contribution in [-0.4, -0.2) is 24.1 Å². The van der Waals surface area contributed by atoms with Crippen molar-refractivity contribution in [2.45, 2.75) is 6.54 Å². The smallest absolute Gasteiger partial charge is 0.175 e. The molecule has 0 radical (unpaired) electrons. The number of nitrogens with zero attached hydrogens (tertiary/aromatic N) is 1. The standard InChI is InChI=1S/C12H14BrN3O/c1-14-7-10-11(16-12(13)15-10)8-4-3-5-9(6-8)17-2/h3-6,14H,7H2,1-2H3,(H,15,16). The summed E-state index contributed by atoms with van der Waals surface area (Å²) in [6.07, 6.45) is 0. The van der Waals surface area contributed by atoms with E-state index in [-0.39, 0.29) is 0 Å². The van der Waals surface area contributed by atoms with E-state index in [1.807, 2.05) is 31.3 Å². The maximum absolute atomic E-state index is 5.22. The number of benzene rings is 1. The summed E-state index contributed by atoms with van der Waals surface area (Å²) in [5, 5.41) is 3.11. The number of rotatable bonds is 4. The van der Waals surface area contributed by atoms with Gasteiger partial charge in [0.15, 0.2) is 4.73 Å². The average molecular weight is 296 g/mol. The van der Waals surface area contributed by atoms with Gasteiger partial charge in [0.2, 0.25) is 0 Å². The van der Waals surface area contributed by atoms with E-state index in [1.165, 1.54) is 0 Å². The number of hydrogen-bond donors (Lipinski definition) is 2. The Hall–Kier alpha value is -1.33. The maximum atomic E-state index is 5.22. The molecule has 1 heterocycles. The SMILES string of the molecule is CNCc1[nH]c(Br)nc1-c1cccc(OC)c1. The van der Waals surface area contributed by atoms with Gasteiger partial charge in [-0.25, -0.2) is 4.98 Å². The van der Waals surface area contributed by atoms with Crippen LogP contribution in [0.5, 0.6) is 5.75 Å². The first-order valence-electron chi connectivity index (χ1n) is 5.28. The molecule has 4 nitrogen and oxygen atoms in total. The molecule has 0 atom stereocenters. The molecule has 17 heavy (non-hydrogen) atoms. The molecular formula is C12H14BrN3O. The Morgan fingerprint density at radius 2 is 2.29 bits per heavy atom. The molecule has 0 saturated carbocycles. The van der Waals surface area contributed by atoms with Crippen molar-refractivity contribution < 1.29 is 4.74 Å². The molecule has 2 rings (SSSR count). The van der Waals surface area contributed by atoms with Gasteiger partial charge < -0.3 is 15.0 Å². The predicted octanol–water partition coefficient (Wildman–Crippen LogP) is 2.57. The van der Waals surface area contributed by atoms with E-state index < -0.39 is 0 Å². The van der Waals surface area contributed by atoms with E-state index >= 15 is 0 Å². The summed E-state index contributed by atoms with van der Waals surface area (Å²) in [6, 6.07) is 7.87. The summed E-state index contributed by atoms with van der Waals surface area (Å²) < 4.78 is 5.95. The Bertz CT molecular complexity index is 510. The largest absolute Gasteiger partial charge is 0.497 e. The second-order valence-electron chi connectivity index (χ2n) is 3.62. The van der Waals surface area contributed by atoms with Crippen molar-refractivity contribution in [1.29, 1.82) is 0 Å². The highest BCUT2D eigenvalue weighted by Gasteiger charge is 2.10. The molecule has 1 aromatic heterocycles. The van der Waals surface area contributed by atoms with Crippen LogP contribution in [0.1, 0.15) is 5.69 Å². The minimum atomic E-state index is 0.737. The van der Waals surface area contributed by atoms with Gasteiger partial charge in [0, 0.05) is 12.1 Å². The van der Waals surface area contributed by atoms with Crippen LogP contribution in [0.2, 0.25) is 0 Å². The monoisotopic (exact) mass is 295 g/mol. The number of halogens is 1. The third-order valence-corrected chi connectivity index (χ3v) is 2.82. The van der Waals surface area contributed by atoms with E-state index in [2.05, 4.69) is 31.2 Å². The highest BCUT2D eigenvalue weighted by atomic mass is 79.9. The molecule has 1 aromatic carbocycles. The molecular weight excluding hydrogens is 282 g/mol. The van der Waals surface area contributed by atoms with Crippen LogP contribution in [0.4, 0.5) is 0 Å². The minimum absolute atomic E-state index is 0.737. The lowest BCUT2D eigenvalue weighted by atomic mass is 10.1. The van der Waals surface area contributed by atoms with Gasteiger partial charge in [-0.2, -0.15) is 0 Å². The van der Waals surface area contributed by atoms with Gasteiger partial charge in [0.05, 0.1) is 18.5 Å². The van der Waals surface area contributed by atoms with Crippen molar-refractivity contribution in [3.8, 4) is 17.0 Å². The first-order chi connectivity index (χ1) is 8.24. The average Bonchev–Trinajstić information content (AvgIpc) is 2.71. The lowest BCUT2D eigenvalue weighted by Crippen LogP contribution is -2.06. The topological polar surface area (TPSA) is 49.9 Å². The van der Waals surface area contributed by atoms with E-state index in [0.29, 0.717) is 0 Å². The zero-order valence-corrected chi connectivity index (χ0v) is 11.3. The number of aromatic nitrogens is 2. The zero-order chi connectivity index (χ0) is 12.3. The first kappa shape index (κ1) is 12.1. The molecule has 0 aliphatic heterocycles. The number of imidazole rings is 1. The lowest BCUT2D eigenvalue weighted by Gasteiger charge is -2.04. The third kappa shape index (κ3) is 2.68. The minimum Gasteiger partial charge on any atom is -0.497 e. The summed E-state index contributed by atoms with van der Waals surface area (Å²) in [6.45, 7) is 0.741. The van der Waals surface area contributed by atoms with Crippen LogP contribution in [0.3, 0.4) is 0 Å². The Kier molecular flexibility index (Phi) is 3.81. The van der Waals surface area contributed by atoms with E-state index in [1.54, 1.807) is 7.11 Å². The van der Waals surface area contributed by atoms with E-state index in [4.69, 9.17) is 4.74 Å². The summed E-state index contributed by atoms with van der Waals surface area (Å²) in [5.74, 6) is 0.831. The normalized spacial score (nSPS) is 10.5. The second-order valence-corrected chi connectivity index (χ2v) is 4.37. The molecule has 90 valence electrons. The highest BCUT2D eigenvalue weighted by Crippen LogP contribution is 2.26. The third-order valence-electron chi connectivity index (χ3n) is 2.45. The van der Waals surface area contributed by atoms with Crippen LogP contribution in [0, 0.1) is 0 Å². The Balaban J connectivity index is 2.43. The van der Waals surface area contributed by atoms with Crippen LogP contribution >= 0.6 is 15.9 Å². The highest BCUT2D eigenvalue weighted by molar-refractivity contribution is 9.10. The number of nitrogens with one attached hydrogen (secondary N) is 2. The van der Waals surface area contributed by atoms with Crippen LogP contribution in [0.25, 0.3) is 11.3 Å². The molecule has 0 saturated heterocycles. The molecule has 0 bridgehead atoms. The van der Waals surface area contributed by atoms with Gasteiger partial charge in [-0.3, -0.25) is 0 Å². The molecule has 5 heteroatoms. The molecule has 0 unspecified atom stereocenters. The van der Waals surface area contributed by atoms with Gasteiger partial charge in [-0.15, -0.1) is 0 Å². The molecule has 0 aliphatic rings. The fraction of sp³-hybridized carbons (Fsp3) is 0.250. The fourth-order valence-electron chi connectivity index (χ4n) is 1.69. The fourth-order valence-corrected chi connectivity index (χ4v) is 2.11. The van der Waals surface area contributed by atoms with E-state index in [0.717, 1.165) is 34.0 Å². The summed E-state index contributed by atoms with van der Waals surface area (Å²) in [4.78, 5) is 7.62. The van der Waals surface area contributed by atoms with Crippen molar-refractivity contribution in [2.24, 2.45) is 0 Å². The Morgan fingerprint density at radius 1 is 1.47 bits per heavy atom.